The zero-order valence-electron chi connectivity index (χ0n) is 15.4. The van der Waals surface area contributed by atoms with E-state index >= 15 is 0 Å². The third kappa shape index (κ3) is 3.94. The van der Waals surface area contributed by atoms with Gasteiger partial charge in [0.2, 0.25) is 0 Å². The number of tetrazole rings is 1. The maximum Gasteiger partial charge on any atom is 0.262 e. The molecule has 0 aliphatic heterocycles. The maximum atomic E-state index is 12.9. The summed E-state index contributed by atoms with van der Waals surface area (Å²) in [4.78, 5) is 0.0979. The van der Waals surface area contributed by atoms with Gasteiger partial charge in [0.05, 0.1) is 12.0 Å². The van der Waals surface area contributed by atoms with Crippen LogP contribution in [0.2, 0.25) is 0 Å². The highest BCUT2D eigenvalue weighted by atomic mass is 32.2. The van der Waals surface area contributed by atoms with Crippen molar-refractivity contribution < 1.29 is 13.2 Å². The van der Waals surface area contributed by atoms with Gasteiger partial charge in [-0.15, -0.1) is 5.10 Å². The van der Waals surface area contributed by atoms with Gasteiger partial charge in [-0.25, -0.2) is 13.5 Å². The first-order chi connectivity index (χ1) is 14.1. The molecule has 9 heteroatoms. The van der Waals surface area contributed by atoms with Crippen molar-refractivity contribution in [2.24, 2.45) is 0 Å². The van der Waals surface area contributed by atoms with Crippen LogP contribution in [0.5, 0.6) is 5.75 Å². The van der Waals surface area contributed by atoms with Crippen LogP contribution in [-0.2, 0) is 10.0 Å². The van der Waals surface area contributed by atoms with E-state index in [0.29, 0.717) is 22.8 Å². The number of rotatable bonds is 6. The van der Waals surface area contributed by atoms with Gasteiger partial charge in [-0.2, -0.15) is 0 Å². The van der Waals surface area contributed by atoms with Gasteiger partial charge >= 0.3 is 0 Å². The molecule has 0 bridgehead atoms. The minimum absolute atomic E-state index is 0.0979. The number of ether oxygens (including phenoxy) is 1. The van der Waals surface area contributed by atoms with Crippen LogP contribution in [0.4, 0.5) is 5.69 Å². The molecule has 0 saturated carbocycles. The molecule has 8 nitrogen and oxygen atoms in total. The molecule has 4 rings (SSSR count). The van der Waals surface area contributed by atoms with Crippen molar-refractivity contribution in [1.29, 1.82) is 0 Å². The number of aromatic amines is 1. The smallest absolute Gasteiger partial charge is 0.262 e. The molecule has 2 N–H and O–H groups in total. The van der Waals surface area contributed by atoms with Crippen molar-refractivity contribution in [2.45, 2.75) is 4.90 Å². The minimum atomic E-state index is -3.82. The first kappa shape index (κ1) is 18.6. The van der Waals surface area contributed by atoms with E-state index in [-0.39, 0.29) is 4.90 Å². The number of H-pyrrole nitrogens is 1. The Morgan fingerprint density at radius 1 is 0.931 bits per heavy atom. The largest absolute Gasteiger partial charge is 0.496 e. The number of aromatic nitrogens is 4. The zero-order chi connectivity index (χ0) is 20.3. The summed E-state index contributed by atoms with van der Waals surface area (Å²) < 4.78 is 33.8. The van der Waals surface area contributed by atoms with Crippen molar-refractivity contribution in [1.82, 2.24) is 20.6 Å². The molecule has 1 heterocycles. The van der Waals surface area contributed by atoms with E-state index in [9.17, 15) is 8.42 Å². The number of nitrogens with zero attached hydrogens (tertiary/aromatic N) is 3. The lowest BCUT2D eigenvalue weighted by Gasteiger charge is -2.13. The van der Waals surface area contributed by atoms with Gasteiger partial charge < -0.3 is 4.74 Å². The molecule has 29 heavy (non-hydrogen) atoms. The molecule has 1 aromatic heterocycles. The fraction of sp³-hybridized carbons (Fsp3) is 0.0500. The summed E-state index contributed by atoms with van der Waals surface area (Å²) >= 11 is 0. The third-order valence-electron chi connectivity index (χ3n) is 4.30. The highest BCUT2D eigenvalue weighted by Crippen LogP contribution is 2.32. The van der Waals surface area contributed by atoms with Gasteiger partial charge in [-0.1, -0.05) is 42.5 Å². The van der Waals surface area contributed by atoms with Gasteiger partial charge in [-0.3, -0.25) is 4.72 Å². The van der Waals surface area contributed by atoms with E-state index in [1.54, 1.807) is 36.4 Å². The number of benzene rings is 3. The van der Waals surface area contributed by atoms with Crippen LogP contribution in [0, 0.1) is 0 Å². The van der Waals surface area contributed by atoms with E-state index in [4.69, 9.17) is 4.74 Å². The standard InChI is InChI=1S/C20H17N5O3S/c1-28-19-13-17(10-11-18(19)14-6-3-2-4-7-14)29(26,27)23-16-9-5-8-15(12-16)20-21-24-25-22-20/h2-13,23H,1H3,(H,21,22,24,25). The lowest BCUT2D eigenvalue weighted by molar-refractivity contribution is 0.415. The number of methoxy groups -OCH3 is 1. The molecule has 0 fully saturated rings. The molecule has 3 aromatic carbocycles. The van der Waals surface area contributed by atoms with E-state index in [0.717, 1.165) is 11.1 Å². The molecule has 146 valence electrons. The maximum absolute atomic E-state index is 12.9. The minimum Gasteiger partial charge on any atom is -0.496 e. The summed E-state index contributed by atoms with van der Waals surface area (Å²) in [5.41, 5.74) is 2.80. The van der Waals surface area contributed by atoms with Gasteiger partial charge in [0.15, 0.2) is 5.82 Å². The van der Waals surface area contributed by atoms with Crippen LogP contribution < -0.4 is 9.46 Å². The third-order valence-corrected chi connectivity index (χ3v) is 5.68. The monoisotopic (exact) mass is 407 g/mol. The second-order valence-electron chi connectivity index (χ2n) is 6.16. The predicted molar refractivity (Wildman–Crippen MR) is 109 cm³/mol. The number of nitrogens with one attached hydrogen (secondary N) is 2. The molecule has 0 radical (unpaired) electrons. The van der Waals surface area contributed by atoms with Crippen molar-refractivity contribution >= 4 is 15.7 Å². The summed E-state index contributed by atoms with van der Waals surface area (Å²) in [5.74, 6) is 0.917. The summed E-state index contributed by atoms with van der Waals surface area (Å²) in [7, 11) is -2.31. The lowest BCUT2D eigenvalue weighted by Crippen LogP contribution is -2.13. The van der Waals surface area contributed by atoms with E-state index in [1.807, 2.05) is 30.3 Å². The van der Waals surface area contributed by atoms with Gasteiger partial charge in [0.1, 0.15) is 5.75 Å². The number of hydrogen-bond acceptors (Lipinski definition) is 6. The van der Waals surface area contributed by atoms with Crippen LogP contribution in [0.1, 0.15) is 0 Å². The quantitative estimate of drug-likeness (QED) is 0.507. The first-order valence-electron chi connectivity index (χ1n) is 8.67. The Kier molecular flexibility index (Phi) is 4.96. The van der Waals surface area contributed by atoms with Gasteiger partial charge in [0, 0.05) is 22.9 Å². The number of anilines is 1. The van der Waals surface area contributed by atoms with Gasteiger partial charge in [0.25, 0.3) is 10.0 Å². The average Bonchev–Trinajstić information content (AvgIpc) is 3.29. The molecule has 0 spiro atoms. The fourth-order valence-corrected chi connectivity index (χ4v) is 3.98. The first-order valence-corrected chi connectivity index (χ1v) is 10.2. The highest BCUT2D eigenvalue weighted by molar-refractivity contribution is 7.92. The van der Waals surface area contributed by atoms with Crippen LogP contribution in [0.25, 0.3) is 22.5 Å². The van der Waals surface area contributed by atoms with Crippen molar-refractivity contribution in [2.75, 3.05) is 11.8 Å². The summed E-state index contributed by atoms with van der Waals surface area (Å²) in [6, 6.07) is 21.2. The lowest BCUT2D eigenvalue weighted by atomic mass is 10.1. The molecule has 0 amide bonds. The van der Waals surface area contributed by atoms with Crippen LogP contribution in [0.3, 0.4) is 0 Å². The topological polar surface area (TPSA) is 110 Å². The van der Waals surface area contributed by atoms with Crippen molar-refractivity contribution in [3.05, 3.63) is 72.8 Å². The Labute approximate surface area is 167 Å². The van der Waals surface area contributed by atoms with Crippen LogP contribution >= 0.6 is 0 Å². The van der Waals surface area contributed by atoms with Crippen LogP contribution in [0.15, 0.2) is 77.7 Å². The Morgan fingerprint density at radius 2 is 1.72 bits per heavy atom. The zero-order valence-corrected chi connectivity index (χ0v) is 16.2. The summed E-state index contributed by atoms with van der Waals surface area (Å²) in [6.45, 7) is 0. The number of sulfonamides is 1. The van der Waals surface area contributed by atoms with E-state index in [1.165, 1.54) is 13.2 Å². The summed E-state index contributed by atoms with van der Waals surface area (Å²) in [5, 5.41) is 13.5. The summed E-state index contributed by atoms with van der Waals surface area (Å²) in [6.07, 6.45) is 0. The highest BCUT2D eigenvalue weighted by Gasteiger charge is 2.18. The van der Waals surface area contributed by atoms with E-state index < -0.39 is 10.0 Å². The molecule has 0 atom stereocenters. The second kappa shape index (κ2) is 7.72. The van der Waals surface area contributed by atoms with Gasteiger partial charge in [-0.05, 0) is 40.3 Å². The van der Waals surface area contributed by atoms with Crippen molar-refractivity contribution in [3.8, 4) is 28.3 Å². The fourth-order valence-electron chi connectivity index (χ4n) is 2.92. The Hall–Kier alpha value is -3.72. The average molecular weight is 407 g/mol. The van der Waals surface area contributed by atoms with Crippen LogP contribution in [-0.4, -0.2) is 36.2 Å². The Morgan fingerprint density at radius 3 is 2.45 bits per heavy atom. The second-order valence-corrected chi connectivity index (χ2v) is 7.85. The molecular weight excluding hydrogens is 390 g/mol. The number of hydrogen-bond donors (Lipinski definition) is 2. The van der Waals surface area contributed by atoms with E-state index in [2.05, 4.69) is 25.3 Å². The molecule has 0 aliphatic carbocycles. The Balaban J connectivity index is 1.65. The molecule has 0 unspecified atom stereocenters. The SMILES string of the molecule is COc1cc(S(=O)(=O)Nc2cccc(-c3nnn[nH]3)c2)ccc1-c1ccccc1. The predicted octanol–water partition coefficient (Wildman–Crippen LogP) is 3.34. The molecule has 0 aliphatic rings. The normalized spacial score (nSPS) is 11.2. The molecular formula is C20H17N5O3S. The van der Waals surface area contributed by atoms with Crippen molar-refractivity contribution in [3.63, 3.8) is 0 Å². The molecule has 4 aromatic rings. The Bertz CT molecular complexity index is 1230. The molecule has 0 saturated heterocycles.